The molecule has 5 heteroatoms. The second kappa shape index (κ2) is 7.03. The third-order valence-corrected chi connectivity index (χ3v) is 5.64. The van der Waals surface area contributed by atoms with Crippen molar-refractivity contribution in [3.8, 4) is 0 Å². The fourth-order valence-electron chi connectivity index (χ4n) is 4.10. The fourth-order valence-corrected chi connectivity index (χ4v) is 4.10. The van der Waals surface area contributed by atoms with Crippen molar-refractivity contribution >= 4 is 16.7 Å². The molecule has 2 saturated heterocycles. The zero-order valence-corrected chi connectivity index (χ0v) is 14.6. The zero-order chi connectivity index (χ0) is 16.4. The molecule has 1 aromatic heterocycles. The van der Waals surface area contributed by atoms with Crippen LogP contribution in [0.3, 0.4) is 0 Å². The Labute approximate surface area is 144 Å². The van der Waals surface area contributed by atoms with E-state index in [4.69, 9.17) is 0 Å². The molecule has 24 heavy (non-hydrogen) atoms. The quantitative estimate of drug-likeness (QED) is 0.861. The summed E-state index contributed by atoms with van der Waals surface area (Å²) in [5.74, 6) is 1.09. The molecular weight excluding hydrogens is 298 g/mol. The summed E-state index contributed by atoms with van der Waals surface area (Å²) in [6.07, 6.45) is 5.76. The van der Waals surface area contributed by atoms with Crippen LogP contribution in [0, 0.1) is 0 Å². The second-order valence-electron chi connectivity index (χ2n) is 7.11. The lowest BCUT2D eigenvalue weighted by Gasteiger charge is -2.36. The SMILES string of the molecule is CN1CCCC1CCN1CCN(c2ncnc3ccccc23)CC1. The summed E-state index contributed by atoms with van der Waals surface area (Å²) in [5.41, 5.74) is 1.04. The van der Waals surface area contributed by atoms with Crippen LogP contribution in [-0.2, 0) is 0 Å². The number of fused-ring (bicyclic) bond motifs is 1. The molecule has 1 atom stereocenters. The lowest BCUT2D eigenvalue weighted by molar-refractivity contribution is 0.214. The molecule has 0 saturated carbocycles. The number of benzene rings is 1. The summed E-state index contributed by atoms with van der Waals surface area (Å²) in [6, 6.07) is 9.11. The van der Waals surface area contributed by atoms with Gasteiger partial charge in [-0.2, -0.15) is 0 Å². The molecule has 0 amide bonds. The van der Waals surface area contributed by atoms with Gasteiger partial charge in [0.25, 0.3) is 0 Å². The monoisotopic (exact) mass is 325 g/mol. The van der Waals surface area contributed by atoms with Gasteiger partial charge in [-0.15, -0.1) is 0 Å². The number of nitrogens with zero attached hydrogens (tertiary/aromatic N) is 5. The van der Waals surface area contributed by atoms with E-state index in [2.05, 4.69) is 49.9 Å². The zero-order valence-electron chi connectivity index (χ0n) is 14.6. The Morgan fingerprint density at radius 2 is 1.88 bits per heavy atom. The van der Waals surface area contributed by atoms with Crippen LogP contribution in [0.25, 0.3) is 10.9 Å². The smallest absolute Gasteiger partial charge is 0.139 e. The predicted octanol–water partition coefficient (Wildman–Crippen LogP) is 2.24. The molecule has 1 unspecified atom stereocenters. The predicted molar refractivity (Wildman–Crippen MR) is 98.5 cm³/mol. The number of aromatic nitrogens is 2. The molecule has 2 fully saturated rings. The molecule has 0 radical (unpaired) electrons. The fraction of sp³-hybridized carbons (Fsp3) is 0.579. The van der Waals surface area contributed by atoms with Gasteiger partial charge in [0.15, 0.2) is 0 Å². The number of rotatable bonds is 4. The van der Waals surface area contributed by atoms with Gasteiger partial charge in [-0.05, 0) is 51.5 Å². The molecule has 5 nitrogen and oxygen atoms in total. The Balaban J connectivity index is 1.35. The van der Waals surface area contributed by atoms with Gasteiger partial charge < -0.3 is 9.80 Å². The van der Waals surface area contributed by atoms with Gasteiger partial charge in [-0.1, -0.05) is 12.1 Å². The van der Waals surface area contributed by atoms with Crippen LogP contribution in [0.15, 0.2) is 30.6 Å². The summed E-state index contributed by atoms with van der Waals surface area (Å²) in [4.78, 5) is 16.5. The highest BCUT2D eigenvalue weighted by molar-refractivity contribution is 5.89. The average Bonchev–Trinajstić information content (AvgIpc) is 3.05. The lowest BCUT2D eigenvalue weighted by atomic mass is 10.1. The molecule has 0 aliphatic carbocycles. The maximum absolute atomic E-state index is 4.56. The molecular formula is C19H27N5. The lowest BCUT2D eigenvalue weighted by Crippen LogP contribution is -2.47. The first-order valence-electron chi connectivity index (χ1n) is 9.18. The summed E-state index contributed by atoms with van der Waals surface area (Å²) < 4.78 is 0. The molecule has 2 aliphatic heterocycles. The van der Waals surface area contributed by atoms with E-state index in [1.165, 1.54) is 37.7 Å². The van der Waals surface area contributed by atoms with E-state index in [-0.39, 0.29) is 0 Å². The highest BCUT2D eigenvalue weighted by Crippen LogP contribution is 2.24. The number of likely N-dealkylation sites (tertiary alicyclic amines) is 1. The molecule has 4 rings (SSSR count). The van der Waals surface area contributed by atoms with Gasteiger partial charge in [0, 0.05) is 37.6 Å². The minimum atomic E-state index is 0.800. The van der Waals surface area contributed by atoms with E-state index >= 15 is 0 Å². The number of piperazine rings is 1. The van der Waals surface area contributed by atoms with Crippen molar-refractivity contribution in [1.29, 1.82) is 0 Å². The first-order chi connectivity index (χ1) is 11.8. The van der Waals surface area contributed by atoms with Crippen LogP contribution in [0.4, 0.5) is 5.82 Å². The molecule has 0 N–H and O–H groups in total. The van der Waals surface area contributed by atoms with E-state index in [0.717, 1.165) is 43.6 Å². The maximum atomic E-state index is 4.56. The van der Waals surface area contributed by atoms with Crippen LogP contribution in [-0.4, -0.2) is 72.1 Å². The summed E-state index contributed by atoms with van der Waals surface area (Å²) >= 11 is 0. The van der Waals surface area contributed by atoms with E-state index in [1.54, 1.807) is 6.33 Å². The first-order valence-corrected chi connectivity index (χ1v) is 9.18. The van der Waals surface area contributed by atoms with E-state index < -0.39 is 0 Å². The molecule has 2 aromatic rings. The largest absolute Gasteiger partial charge is 0.353 e. The van der Waals surface area contributed by atoms with Crippen LogP contribution in [0.1, 0.15) is 19.3 Å². The standard InChI is InChI=1S/C19H27N5/c1-22-9-4-5-16(22)8-10-23-11-13-24(14-12-23)19-17-6-2-3-7-18(17)20-15-21-19/h2-3,6-7,15-16H,4-5,8-14H2,1H3. The Hall–Kier alpha value is -1.72. The van der Waals surface area contributed by atoms with Crippen LogP contribution >= 0.6 is 0 Å². The Morgan fingerprint density at radius 1 is 1.04 bits per heavy atom. The summed E-state index contributed by atoms with van der Waals surface area (Å²) in [7, 11) is 2.27. The number of hydrogen-bond acceptors (Lipinski definition) is 5. The van der Waals surface area contributed by atoms with Crippen LogP contribution in [0.2, 0.25) is 0 Å². The Morgan fingerprint density at radius 3 is 2.67 bits per heavy atom. The van der Waals surface area contributed by atoms with Crippen LogP contribution < -0.4 is 4.90 Å². The topological polar surface area (TPSA) is 35.5 Å². The third kappa shape index (κ3) is 3.23. The molecule has 0 spiro atoms. The van der Waals surface area contributed by atoms with Crippen LogP contribution in [0.5, 0.6) is 0 Å². The van der Waals surface area contributed by atoms with Crippen molar-refractivity contribution in [3.05, 3.63) is 30.6 Å². The second-order valence-corrected chi connectivity index (χ2v) is 7.11. The molecule has 128 valence electrons. The third-order valence-electron chi connectivity index (χ3n) is 5.64. The van der Waals surface area contributed by atoms with Gasteiger partial charge >= 0.3 is 0 Å². The Bertz CT molecular complexity index is 675. The minimum absolute atomic E-state index is 0.800. The van der Waals surface area contributed by atoms with Gasteiger partial charge in [0.1, 0.15) is 12.1 Å². The van der Waals surface area contributed by atoms with Crippen molar-refractivity contribution in [2.24, 2.45) is 0 Å². The van der Waals surface area contributed by atoms with Crippen molar-refractivity contribution in [2.75, 3.05) is 51.2 Å². The van der Waals surface area contributed by atoms with E-state index in [1.807, 2.05) is 6.07 Å². The number of para-hydroxylation sites is 1. The summed E-state index contributed by atoms with van der Waals surface area (Å²) in [5, 5.41) is 1.17. The number of anilines is 1. The van der Waals surface area contributed by atoms with Gasteiger partial charge in [0.05, 0.1) is 5.52 Å². The molecule has 3 heterocycles. The van der Waals surface area contributed by atoms with Gasteiger partial charge in [-0.3, -0.25) is 4.90 Å². The summed E-state index contributed by atoms with van der Waals surface area (Å²) in [6.45, 7) is 6.89. The Kier molecular flexibility index (Phi) is 4.63. The van der Waals surface area contributed by atoms with Crippen molar-refractivity contribution < 1.29 is 0 Å². The normalized spacial score (nSPS) is 23.2. The maximum Gasteiger partial charge on any atom is 0.139 e. The van der Waals surface area contributed by atoms with Gasteiger partial charge in [0.2, 0.25) is 0 Å². The van der Waals surface area contributed by atoms with Crippen molar-refractivity contribution in [1.82, 2.24) is 19.8 Å². The first kappa shape index (κ1) is 15.8. The van der Waals surface area contributed by atoms with Crippen molar-refractivity contribution in [3.63, 3.8) is 0 Å². The van der Waals surface area contributed by atoms with Crippen molar-refractivity contribution in [2.45, 2.75) is 25.3 Å². The van der Waals surface area contributed by atoms with E-state index in [9.17, 15) is 0 Å². The highest BCUT2D eigenvalue weighted by atomic mass is 15.3. The highest BCUT2D eigenvalue weighted by Gasteiger charge is 2.23. The average molecular weight is 325 g/mol. The van der Waals surface area contributed by atoms with Gasteiger partial charge in [-0.25, -0.2) is 9.97 Å². The molecule has 1 aromatic carbocycles. The molecule has 0 bridgehead atoms. The molecule has 2 aliphatic rings. The van der Waals surface area contributed by atoms with E-state index in [0.29, 0.717) is 0 Å². The number of hydrogen-bond donors (Lipinski definition) is 0. The minimum Gasteiger partial charge on any atom is -0.353 e.